The van der Waals surface area contributed by atoms with Gasteiger partial charge in [-0.15, -0.1) is 0 Å². The predicted molar refractivity (Wildman–Crippen MR) is 426 cm³/mol. The molecule has 4 aromatic rings. The van der Waals surface area contributed by atoms with Crippen molar-refractivity contribution in [2.24, 2.45) is 35.3 Å². The van der Waals surface area contributed by atoms with Gasteiger partial charge >= 0.3 is 12.1 Å². The van der Waals surface area contributed by atoms with Gasteiger partial charge in [-0.25, -0.2) is 39.5 Å². The lowest BCUT2D eigenvalue weighted by atomic mass is 9.80. The number of piperidine rings is 1. The fourth-order valence-corrected chi connectivity index (χ4v) is 17.3. The smallest absolute Gasteiger partial charge is 0.410 e. The Morgan fingerprint density at radius 3 is 2.09 bits per heavy atom. The summed E-state index contributed by atoms with van der Waals surface area (Å²) in [6.07, 6.45) is 16.5. The first-order chi connectivity index (χ1) is 55.2. The molecule has 12 rings (SSSR count). The number of aliphatic hydroxyl groups excluding tert-OH is 2. The third-order valence-corrected chi connectivity index (χ3v) is 24.6. The van der Waals surface area contributed by atoms with Gasteiger partial charge in [0, 0.05) is 160 Å². The molecule has 30 nitrogen and oxygen atoms in total. The summed E-state index contributed by atoms with van der Waals surface area (Å²) in [6.45, 7) is 18.5. The number of amides is 4. The molecule has 15 atom stereocenters. The van der Waals surface area contributed by atoms with Crippen LogP contribution < -0.4 is 20.4 Å². The fraction of sp³-hybridized carbons (Fsp3) is 0.600. The molecule has 1 aromatic carbocycles. The summed E-state index contributed by atoms with van der Waals surface area (Å²) in [5.41, 5.74) is 14.6. The molecule has 10 heterocycles. The Morgan fingerprint density at radius 1 is 0.661 bits per heavy atom. The maximum atomic E-state index is 14.8. The molecule has 5 N–H and O–H groups in total. The molecule has 0 radical (unpaired) electrons. The van der Waals surface area contributed by atoms with E-state index in [1.54, 1.807) is 75.8 Å². The van der Waals surface area contributed by atoms with Crippen LogP contribution in [0.15, 0.2) is 96.8 Å². The van der Waals surface area contributed by atoms with Crippen LogP contribution in [-0.2, 0) is 73.6 Å². The van der Waals surface area contributed by atoms with Gasteiger partial charge in [0.25, 0.3) is 23.5 Å². The molecule has 4 saturated heterocycles. The van der Waals surface area contributed by atoms with Crippen molar-refractivity contribution in [2.75, 3.05) is 101 Å². The molecule has 1 aliphatic carbocycles. The Morgan fingerprint density at radius 2 is 1.36 bits per heavy atom. The zero-order valence-electron chi connectivity index (χ0n) is 67.8. The molecule has 7 aliphatic heterocycles. The lowest BCUT2D eigenvalue weighted by Gasteiger charge is -2.42. The first-order valence-corrected chi connectivity index (χ1v) is 40.9. The second-order valence-corrected chi connectivity index (χ2v) is 32.8. The topological polar surface area (TPSA) is 369 Å². The van der Waals surface area contributed by atoms with Crippen LogP contribution in [0.25, 0.3) is 0 Å². The number of aromatic nitrogens is 6. The Hall–Kier alpha value is -9.30. The number of piperazine rings is 2. The summed E-state index contributed by atoms with van der Waals surface area (Å²) in [4.78, 5) is 153. The average Bonchev–Trinajstić information content (AvgIpc) is 0.776. The van der Waals surface area contributed by atoms with Crippen molar-refractivity contribution < 1.29 is 77.4 Å². The number of hydrogen-bond donors (Lipinski definition) is 4. The van der Waals surface area contributed by atoms with E-state index in [4.69, 9.17) is 39.4 Å². The first-order valence-electron chi connectivity index (χ1n) is 40.9. The number of carbonyl (C=O) groups is 8. The highest BCUT2D eigenvalue weighted by atomic mass is 16.6. The van der Waals surface area contributed by atoms with Crippen LogP contribution in [0.1, 0.15) is 168 Å². The molecule has 0 unspecified atom stereocenters. The summed E-state index contributed by atoms with van der Waals surface area (Å²) in [5, 5.41) is 34.7. The number of allylic oxidation sites excluding steroid dienone is 6. The maximum absolute atomic E-state index is 14.8. The minimum absolute atomic E-state index is 0.00214. The number of ether oxygens (including phenoxy) is 5. The number of aliphatic hydroxyl groups is 3. The van der Waals surface area contributed by atoms with Gasteiger partial charge in [0.05, 0.1) is 54.2 Å². The van der Waals surface area contributed by atoms with E-state index in [0.717, 1.165) is 39.4 Å². The van der Waals surface area contributed by atoms with Gasteiger partial charge in [0.15, 0.2) is 5.78 Å². The molecular weight excluding hydrogens is 1470 g/mol. The molecule has 1 saturated carbocycles. The van der Waals surface area contributed by atoms with Gasteiger partial charge in [0.1, 0.15) is 36.2 Å². The number of rotatable bonds is 11. The number of cyclic esters (lactones) is 1. The van der Waals surface area contributed by atoms with Crippen LogP contribution in [0, 0.1) is 36.5 Å². The Balaban J connectivity index is 0.629. The molecule has 5 fully saturated rings. The van der Waals surface area contributed by atoms with Gasteiger partial charge in [-0.2, -0.15) is 0 Å². The monoisotopic (exact) mass is 1590 g/mol. The number of nitrogens with zero attached hydrogens (tertiary/aromatic N) is 13. The highest BCUT2D eigenvalue weighted by molar-refractivity contribution is 6.39. The number of anilines is 3. The molecule has 115 heavy (non-hydrogen) atoms. The number of fused-ring (bicyclic) bond motifs is 5. The minimum atomic E-state index is -2.51. The number of aryl methyl sites for hydroxylation is 1. The van der Waals surface area contributed by atoms with Gasteiger partial charge in [-0.3, -0.25) is 28.8 Å². The van der Waals surface area contributed by atoms with E-state index in [1.807, 2.05) is 54.0 Å². The van der Waals surface area contributed by atoms with Crippen LogP contribution in [0.2, 0.25) is 0 Å². The number of benzene rings is 1. The van der Waals surface area contributed by atoms with Crippen molar-refractivity contribution in [2.45, 2.75) is 212 Å². The van der Waals surface area contributed by atoms with Crippen LogP contribution in [0.4, 0.5) is 22.4 Å². The van der Waals surface area contributed by atoms with Gasteiger partial charge in [0.2, 0.25) is 23.5 Å². The van der Waals surface area contributed by atoms with E-state index in [9.17, 15) is 53.7 Å². The minimum Gasteiger partial charge on any atom is -0.459 e. The van der Waals surface area contributed by atoms with E-state index in [2.05, 4.69) is 54.9 Å². The molecular formula is C85H114N14O16. The van der Waals surface area contributed by atoms with Crippen molar-refractivity contribution in [1.82, 2.24) is 49.5 Å². The van der Waals surface area contributed by atoms with Crippen LogP contribution in [-0.4, -0.2) is 259 Å². The lowest BCUT2D eigenvalue weighted by molar-refractivity contribution is -0.265. The third-order valence-electron chi connectivity index (χ3n) is 24.6. The Kier molecular flexibility index (Phi) is 28.3. The zero-order chi connectivity index (χ0) is 81.9. The van der Waals surface area contributed by atoms with Crippen molar-refractivity contribution in [3.8, 4) is 0 Å². The number of hydrogen-bond acceptors (Lipinski definition) is 26. The number of Topliss-reactive ketones (excluding diaryl/α,β-unsaturated/α-hetero) is 3. The zero-order valence-corrected chi connectivity index (χ0v) is 67.8. The highest BCUT2D eigenvalue weighted by Crippen LogP contribution is 2.39. The number of methoxy groups -OCH3 is 2. The first kappa shape index (κ1) is 85.1. The molecule has 0 spiro atoms. The molecule has 620 valence electrons. The molecule has 8 aliphatic rings. The summed E-state index contributed by atoms with van der Waals surface area (Å²) in [7, 11) is 3.10. The van der Waals surface area contributed by atoms with E-state index < -0.39 is 120 Å². The maximum Gasteiger partial charge on any atom is 0.410 e. The molecule has 30 heteroatoms. The number of carbonyl (C=O) groups excluding carboxylic acids is 8. The summed E-state index contributed by atoms with van der Waals surface area (Å²) >= 11 is 0. The van der Waals surface area contributed by atoms with Crippen molar-refractivity contribution in [1.29, 1.82) is 0 Å². The van der Waals surface area contributed by atoms with E-state index in [-0.39, 0.29) is 67.4 Å². The quantitative estimate of drug-likeness (QED) is 0.0699. The Bertz CT molecular complexity index is 4280. The highest BCUT2D eigenvalue weighted by Gasteiger charge is 2.53. The van der Waals surface area contributed by atoms with Crippen LogP contribution >= 0.6 is 0 Å². The van der Waals surface area contributed by atoms with Gasteiger partial charge < -0.3 is 79.0 Å². The third kappa shape index (κ3) is 20.4. The largest absolute Gasteiger partial charge is 0.459 e. The second kappa shape index (κ2) is 38.2. The van der Waals surface area contributed by atoms with Gasteiger partial charge in [-0.05, 0) is 126 Å². The predicted octanol–water partition coefficient (Wildman–Crippen LogP) is 6.59. The van der Waals surface area contributed by atoms with Gasteiger partial charge in [-0.1, -0.05) is 87.9 Å². The molecule has 4 amide bonds. The van der Waals surface area contributed by atoms with Crippen molar-refractivity contribution in [3.63, 3.8) is 0 Å². The van der Waals surface area contributed by atoms with Crippen LogP contribution in [0.3, 0.4) is 0 Å². The number of ketones is 3. The molecule has 2 bridgehead atoms. The number of esters is 1. The average molecular weight is 1590 g/mol. The van der Waals surface area contributed by atoms with Crippen molar-refractivity contribution in [3.05, 3.63) is 136 Å². The van der Waals surface area contributed by atoms with Crippen molar-refractivity contribution >= 4 is 64.7 Å². The lowest BCUT2D eigenvalue weighted by Crippen LogP contribution is -2.61. The second-order valence-electron chi connectivity index (χ2n) is 32.8. The molecule has 3 aromatic heterocycles. The normalized spacial score (nSPS) is 29.9. The summed E-state index contributed by atoms with van der Waals surface area (Å²) < 4.78 is 30.6. The fourth-order valence-electron chi connectivity index (χ4n) is 17.3. The summed E-state index contributed by atoms with van der Waals surface area (Å²) in [5.74, 6) is -8.46. The van der Waals surface area contributed by atoms with E-state index in [0.29, 0.717) is 147 Å². The summed E-state index contributed by atoms with van der Waals surface area (Å²) in [6, 6.07) is 4.10. The Labute approximate surface area is 672 Å². The SMILES string of the molecule is CO[C@H]1C[C@@H]2CC[C@@H](C)[C@@](O)(O2)C(=O)C(=O)N2CCCC[C@H]2C(=O)O[C@H]([C@H](N)C[C@@H]2CC[C@@H](OC(=O)N3CCc4nc(N5CCN(c6cnc(C(=O)N7CCN(c8ncc(C(=O)N9CCc%10cc(C)ccc%10C9)cn8)CC7)nc6)CC5)ncc4C3)[C@H](OC)C2)CC(=O)[C@H](C)/C=C(\C)[C@@H](O)[C@@H](O)C(=O)[C@H](C)C[C@H](C)/C=C/C=CC=C1C. The van der Waals surface area contributed by atoms with E-state index >= 15 is 0 Å². The standard InChI is InChI=1S/C85H114N14O16/c1-51-15-11-10-12-16-53(3)70(111-8)42-64-22-19-57(7)85(110,115-64)76(104)79(106)99-26-14-13-17-67(99)81(108)113-71(43-68(100)54(4)39-56(6)74(102)75(103)73(101)55(5)37-51)65(86)40-58-20-23-69(72(41-58)112-9)114-84(109)98-28-25-66-62(50-98)46-91-83(92-66)96-33-29-93(30-34-96)63-47-87-77(88-48-63)80(107)94-31-35-95(36-32-94)82-89-44-61(45-90-82)78(105)97-27-24-59-38-52(2)18-21-60(59)49-97/h10-12,15-16,18,21,38-39,44-48,51,54-55,57-58,64-65,67,69-72,74-75,102-103,110H,13-14,17,19-20,22-37,40-43,49-50,86H2,1-9H3/b12-10?,15-11+,53-16?,56-39+/t51-,54-,55-,57-,58+,64+,65-,67+,69-,70+,71+,72-,74-,75+,85-/m1/s1. The number of nitrogens with two attached hydrogens (primary N) is 1. The van der Waals surface area contributed by atoms with E-state index in [1.165, 1.54) is 24.1 Å². The van der Waals surface area contributed by atoms with Crippen LogP contribution in [0.5, 0.6) is 0 Å².